The van der Waals surface area contributed by atoms with E-state index in [4.69, 9.17) is 5.11 Å². The molecule has 55 valence electrons. The van der Waals surface area contributed by atoms with E-state index in [-0.39, 0.29) is 6.61 Å². The first kappa shape index (κ1) is 8.96. The second-order valence-corrected chi connectivity index (χ2v) is 2.57. The average Bonchev–Trinajstić information content (AvgIpc) is 1.89. The number of hydrogen-bond donors (Lipinski definition) is 1. The fourth-order valence-corrected chi connectivity index (χ4v) is 0.756. The third-order valence-electron chi connectivity index (χ3n) is 1.48. The van der Waals surface area contributed by atoms with Gasteiger partial charge in [-0.3, -0.25) is 0 Å². The quantitative estimate of drug-likeness (QED) is 0.564. The zero-order valence-corrected chi connectivity index (χ0v) is 6.48. The summed E-state index contributed by atoms with van der Waals surface area (Å²) < 4.78 is 0. The standard InChI is InChI=1S/C8H17O/c1-3-4-5-6-8(2)7-9/h9H,3-7H2,1-2H3. The molecule has 0 aliphatic carbocycles. The molecule has 1 N–H and O–H groups in total. The van der Waals surface area contributed by atoms with Crippen LogP contribution in [0.5, 0.6) is 0 Å². The molecule has 0 bridgehead atoms. The first-order valence-electron chi connectivity index (χ1n) is 3.73. The Morgan fingerprint density at radius 1 is 1.33 bits per heavy atom. The van der Waals surface area contributed by atoms with Crippen molar-refractivity contribution in [2.24, 2.45) is 0 Å². The molecule has 0 fully saturated rings. The van der Waals surface area contributed by atoms with E-state index in [2.05, 4.69) is 6.92 Å². The second-order valence-electron chi connectivity index (χ2n) is 2.57. The molecule has 0 aliphatic heterocycles. The van der Waals surface area contributed by atoms with Crippen molar-refractivity contribution in [3.63, 3.8) is 0 Å². The van der Waals surface area contributed by atoms with Gasteiger partial charge in [0.2, 0.25) is 0 Å². The predicted molar refractivity (Wildman–Crippen MR) is 40.1 cm³/mol. The van der Waals surface area contributed by atoms with Gasteiger partial charge in [0.05, 0.1) is 0 Å². The second kappa shape index (κ2) is 6.09. The van der Waals surface area contributed by atoms with Crippen molar-refractivity contribution in [1.82, 2.24) is 0 Å². The van der Waals surface area contributed by atoms with Crippen LogP contribution in [0.15, 0.2) is 0 Å². The molecule has 0 aromatic carbocycles. The summed E-state index contributed by atoms with van der Waals surface area (Å²) in [5, 5.41) is 8.60. The lowest BCUT2D eigenvalue weighted by atomic mass is 10.0. The highest BCUT2D eigenvalue weighted by Gasteiger charge is 1.97. The predicted octanol–water partition coefficient (Wildman–Crippen LogP) is 2.15. The van der Waals surface area contributed by atoms with Crippen LogP contribution in [0.25, 0.3) is 0 Å². The molecule has 9 heavy (non-hydrogen) atoms. The fraction of sp³-hybridized carbons (Fsp3) is 0.875. The summed E-state index contributed by atoms with van der Waals surface area (Å²) in [6.45, 7) is 4.47. The van der Waals surface area contributed by atoms with E-state index in [1.807, 2.05) is 6.92 Å². The molecule has 0 rings (SSSR count). The van der Waals surface area contributed by atoms with Gasteiger partial charge in [0.15, 0.2) is 0 Å². The zero-order valence-electron chi connectivity index (χ0n) is 6.48. The van der Waals surface area contributed by atoms with Crippen LogP contribution < -0.4 is 0 Å². The Hall–Kier alpha value is -0.0400. The summed E-state index contributed by atoms with van der Waals surface area (Å²) in [7, 11) is 0. The number of rotatable bonds is 5. The summed E-state index contributed by atoms with van der Waals surface area (Å²) >= 11 is 0. The third kappa shape index (κ3) is 5.84. The van der Waals surface area contributed by atoms with E-state index in [1.165, 1.54) is 25.2 Å². The van der Waals surface area contributed by atoms with Gasteiger partial charge in [-0.2, -0.15) is 0 Å². The number of hydrogen-bond acceptors (Lipinski definition) is 1. The number of unbranched alkanes of at least 4 members (excludes halogenated alkanes) is 2. The summed E-state index contributed by atoms with van der Waals surface area (Å²) in [6.07, 6.45) is 4.89. The van der Waals surface area contributed by atoms with E-state index in [9.17, 15) is 0 Å². The van der Waals surface area contributed by atoms with Gasteiger partial charge in [-0.15, -0.1) is 0 Å². The zero-order chi connectivity index (χ0) is 7.11. The van der Waals surface area contributed by atoms with E-state index >= 15 is 0 Å². The molecule has 0 atom stereocenters. The summed E-state index contributed by atoms with van der Waals surface area (Å²) in [5.41, 5.74) is 0. The molecule has 0 aliphatic rings. The maximum absolute atomic E-state index is 8.60. The highest BCUT2D eigenvalue weighted by atomic mass is 16.3. The molecule has 1 nitrogen and oxygen atoms in total. The summed E-state index contributed by atoms with van der Waals surface area (Å²) in [5.74, 6) is 1.21. The topological polar surface area (TPSA) is 20.2 Å². The minimum absolute atomic E-state index is 0.268. The Kier molecular flexibility index (Phi) is 6.06. The van der Waals surface area contributed by atoms with E-state index in [1.54, 1.807) is 0 Å². The molecular formula is C8H17O. The van der Waals surface area contributed by atoms with Crippen molar-refractivity contribution in [3.8, 4) is 0 Å². The van der Waals surface area contributed by atoms with Gasteiger partial charge in [0, 0.05) is 6.61 Å². The van der Waals surface area contributed by atoms with E-state index < -0.39 is 0 Å². The van der Waals surface area contributed by atoms with Crippen LogP contribution >= 0.6 is 0 Å². The van der Waals surface area contributed by atoms with Crippen LogP contribution in [0.4, 0.5) is 0 Å². The van der Waals surface area contributed by atoms with E-state index in [0.29, 0.717) is 0 Å². The SMILES string of the molecule is CCCCC[C](C)CO. The monoisotopic (exact) mass is 129 g/mol. The molecule has 0 saturated carbocycles. The summed E-state index contributed by atoms with van der Waals surface area (Å²) in [4.78, 5) is 0. The van der Waals surface area contributed by atoms with Gasteiger partial charge < -0.3 is 5.11 Å². The Labute approximate surface area is 58.1 Å². The minimum Gasteiger partial charge on any atom is -0.396 e. The van der Waals surface area contributed by atoms with Gasteiger partial charge in [-0.1, -0.05) is 33.1 Å². The van der Waals surface area contributed by atoms with Crippen LogP contribution in [0.1, 0.15) is 39.5 Å². The Morgan fingerprint density at radius 3 is 2.44 bits per heavy atom. The van der Waals surface area contributed by atoms with Crippen LogP contribution in [-0.2, 0) is 0 Å². The molecule has 0 aromatic rings. The lowest BCUT2D eigenvalue weighted by Gasteiger charge is -2.04. The molecule has 0 unspecified atom stereocenters. The molecule has 0 spiro atoms. The maximum Gasteiger partial charge on any atom is 0.0490 e. The largest absolute Gasteiger partial charge is 0.396 e. The smallest absolute Gasteiger partial charge is 0.0490 e. The van der Waals surface area contributed by atoms with Crippen molar-refractivity contribution in [2.75, 3.05) is 6.61 Å². The molecule has 0 heterocycles. The van der Waals surface area contributed by atoms with Crippen molar-refractivity contribution in [1.29, 1.82) is 0 Å². The Morgan fingerprint density at radius 2 is 2.00 bits per heavy atom. The molecule has 0 aromatic heterocycles. The van der Waals surface area contributed by atoms with Crippen molar-refractivity contribution in [3.05, 3.63) is 5.92 Å². The molecule has 0 amide bonds. The average molecular weight is 129 g/mol. The van der Waals surface area contributed by atoms with Gasteiger partial charge >= 0.3 is 0 Å². The van der Waals surface area contributed by atoms with Crippen LogP contribution in [0, 0.1) is 5.92 Å². The minimum atomic E-state index is 0.268. The normalized spacial score (nSPS) is 10.7. The van der Waals surface area contributed by atoms with E-state index in [0.717, 1.165) is 6.42 Å². The van der Waals surface area contributed by atoms with Crippen LogP contribution in [0.3, 0.4) is 0 Å². The fourth-order valence-electron chi connectivity index (χ4n) is 0.756. The Bertz CT molecular complexity index is 52.5. The molecule has 0 saturated heterocycles. The third-order valence-corrected chi connectivity index (χ3v) is 1.48. The highest BCUT2D eigenvalue weighted by Crippen LogP contribution is 2.09. The van der Waals surface area contributed by atoms with Gasteiger partial charge in [0.1, 0.15) is 0 Å². The van der Waals surface area contributed by atoms with Crippen molar-refractivity contribution in [2.45, 2.75) is 39.5 Å². The lowest BCUT2D eigenvalue weighted by Crippen LogP contribution is -1.96. The van der Waals surface area contributed by atoms with Crippen LogP contribution in [-0.4, -0.2) is 11.7 Å². The maximum atomic E-state index is 8.60. The van der Waals surface area contributed by atoms with Crippen molar-refractivity contribution >= 4 is 0 Å². The first-order valence-corrected chi connectivity index (χ1v) is 3.73. The number of aliphatic hydroxyl groups is 1. The van der Waals surface area contributed by atoms with Gasteiger partial charge in [-0.25, -0.2) is 0 Å². The van der Waals surface area contributed by atoms with Gasteiger partial charge in [-0.05, 0) is 12.3 Å². The molecule has 1 radical (unpaired) electrons. The highest BCUT2D eigenvalue weighted by molar-refractivity contribution is 4.81. The van der Waals surface area contributed by atoms with Gasteiger partial charge in [0.25, 0.3) is 0 Å². The molecular weight excluding hydrogens is 112 g/mol. The van der Waals surface area contributed by atoms with Crippen LogP contribution in [0.2, 0.25) is 0 Å². The number of aliphatic hydroxyl groups excluding tert-OH is 1. The first-order chi connectivity index (χ1) is 4.31. The van der Waals surface area contributed by atoms with Crippen molar-refractivity contribution < 1.29 is 5.11 Å². The lowest BCUT2D eigenvalue weighted by molar-refractivity contribution is 0.301. The summed E-state index contributed by atoms with van der Waals surface area (Å²) in [6, 6.07) is 0. The molecule has 1 heteroatoms. The Balaban J connectivity index is 2.88.